The van der Waals surface area contributed by atoms with Crippen LogP contribution in [0.5, 0.6) is 5.75 Å². The molecule has 1 aromatic carbocycles. The molecule has 0 aliphatic heterocycles. The first kappa shape index (κ1) is 13.9. The van der Waals surface area contributed by atoms with Crippen molar-refractivity contribution >= 4 is 11.5 Å². The van der Waals surface area contributed by atoms with E-state index in [1.807, 2.05) is 0 Å². The van der Waals surface area contributed by atoms with Crippen LogP contribution < -0.4 is 4.74 Å². The van der Waals surface area contributed by atoms with Crippen LogP contribution in [0.2, 0.25) is 0 Å². The molecule has 0 amide bonds. The van der Waals surface area contributed by atoms with E-state index in [1.165, 1.54) is 32.2 Å². The van der Waals surface area contributed by atoms with E-state index < -0.39 is 16.8 Å². The second-order valence-corrected chi connectivity index (χ2v) is 3.64. The number of carbonyl (C=O) groups excluding carboxylic acids is 1. The van der Waals surface area contributed by atoms with Gasteiger partial charge in [-0.1, -0.05) is 12.6 Å². The SMILES string of the molecule is C=C(C(C)=O)C(O)c1cccc(OC)c1[N+](=O)[O-]. The molecule has 1 rings (SSSR count). The fourth-order valence-corrected chi connectivity index (χ4v) is 1.50. The Morgan fingerprint density at radius 1 is 1.56 bits per heavy atom. The lowest BCUT2D eigenvalue weighted by Gasteiger charge is -2.13. The highest BCUT2D eigenvalue weighted by molar-refractivity contribution is 5.94. The van der Waals surface area contributed by atoms with Gasteiger partial charge in [0.05, 0.1) is 17.6 Å². The monoisotopic (exact) mass is 251 g/mol. The molecule has 18 heavy (non-hydrogen) atoms. The molecule has 1 aromatic rings. The zero-order valence-electron chi connectivity index (χ0n) is 10.0. The van der Waals surface area contributed by atoms with Gasteiger partial charge in [0.1, 0.15) is 6.10 Å². The molecule has 0 saturated carbocycles. The van der Waals surface area contributed by atoms with Crippen LogP contribution in [0.1, 0.15) is 18.6 Å². The van der Waals surface area contributed by atoms with E-state index in [9.17, 15) is 20.0 Å². The second kappa shape index (κ2) is 5.42. The van der Waals surface area contributed by atoms with Crippen molar-refractivity contribution in [3.63, 3.8) is 0 Å². The zero-order valence-corrected chi connectivity index (χ0v) is 10.0. The molecule has 0 aliphatic carbocycles. The summed E-state index contributed by atoms with van der Waals surface area (Å²) in [7, 11) is 1.29. The lowest BCUT2D eigenvalue weighted by molar-refractivity contribution is -0.387. The predicted octanol–water partition coefficient (Wildman–Crippen LogP) is 1.78. The van der Waals surface area contributed by atoms with Crippen LogP contribution >= 0.6 is 0 Å². The summed E-state index contributed by atoms with van der Waals surface area (Å²) in [6.45, 7) is 4.66. The van der Waals surface area contributed by atoms with Crippen molar-refractivity contribution in [2.45, 2.75) is 13.0 Å². The normalized spacial score (nSPS) is 11.7. The van der Waals surface area contributed by atoms with E-state index in [4.69, 9.17) is 4.74 Å². The van der Waals surface area contributed by atoms with Crippen LogP contribution in [0, 0.1) is 10.1 Å². The molecule has 0 spiro atoms. The highest BCUT2D eigenvalue weighted by Crippen LogP contribution is 2.36. The smallest absolute Gasteiger partial charge is 0.317 e. The number of aliphatic hydroxyl groups excluding tert-OH is 1. The highest BCUT2D eigenvalue weighted by Gasteiger charge is 2.27. The Kier molecular flexibility index (Phi) is 4.17. The van der Waals surface area contributed by atoms with E-state index in [-0.39, 0.29) is 22.6 Å². The number of hydrogen-bond donors (Lipinski definition) is 1. The number of carbonyl (C=O) groups is 1. The molecular weight excluding hydrogens is 238 g/mol. The number of nitrogens with zero attached hydrogens (tertiary/aromatic N) is 1. The number of aliphatic hydroxyl groups is 1. The van der Waals surface area contributed by atoms with Crippen molar-refractivity contribution in [1.82, 2.24) is 0 Å². The van der Waals surface area contributed by atoms with Gasteiger partial charge in [-0.3, -0.25) is 14.9 Å². The summed E-state index contributed by atoms with van der Waals surface area (Å²) in [6, 6.07) is 4.27. The van der Waals surface area contributed by atoms with Crippen LogP contribution in [0.25, 0.3) is 0 Å². The van der Waals surface area contributed by atoms with E-state index >= 15 is 0 Å². The van der Waals surface area contributed by atoms with Gasteiger partial charge in [-0.05, 0) is 19.1 Å². The molecule has 96 valence electrons. The molecule has 0 bridgehead atoms. The molecule has 0 aromatic heterocycles. The van der Waals surface area contributed by atoms with Crippen molar-refractivity contribution < 1.29 is 19.6 Å². The molecule has 0 radical (unpaired) electrons. The molecule has 0 heterocycles. The Balaban J connectivity index is 3.36. The van der Waals surface area contributed by atoms with Gasteiger partial charge in [-0.15, -0.1) is 0 Å². The Morgan fingerprint density at radius 2 is 2.17 bits per heavy atom. The molecular formula is C12H13NO5. The van der Waals surface area contributed by atoms with Gasteiger partial charge in [0.15, 0.2) is 11.5 Å². The second-order valence-electron chi connectivity index (χ2n) is 3.64. The molecule has 1 N–H and O–H groups in total. The number of ether oxygens (including phenoxy) is 1. The quantitative estimate of drug-likeness (QED) is 0.489. The summed E-state index contributed by atoms with van der Waals surface area (Å²) in [6.07, 6.45) is -1.42. The van der Waals surface area contributed by atoms with Crippen LogP contribution in [0.4, 0.5) is 5.69 Å². The van der Waals surface area contributed by atoms with Crippen LogP contribution in [0.3, 0.4) is 0 Å². The molecule has 0 aliphatic rings. The predicted molar refractivity (Wildman–Crippen MR) is 64.4 cm³/mol. The van der Waals surface area contributed by atoms with E-state index in [0.717, 1.165) is 0 Å². The van der Waals surface area contributed by atoms with Gasteiger partial charge < -0.3 is 9.84 Å². The number of nitro groups is 1. The number of benzene rings is 1. The molecule has 6 nitrogen and oxygen atoms in total. The summed E-state index contributed by atoms with van der Waals surface area (Å²) in [4.78, 5) is 21.5. The summed E-state index contributed by atoms with van der Waals surface area (Å²) in [5, 5.41) is 20.9. The van der Waals surface area contributed by atoms with Gasteiger partial charge >= 0.3 is 5.69 Å². The first-order chi connectivity index (χ1) is 8.40. The van der Waals surface area contributed by atoms with Gasteiger partial charge in [0, 0.05) is 5.57 Å². The number of Topliss-reactive ketones (excluding diaryl/α,β-unsaturated/α-hetero) is 1. The summed E-state index contributed by atoms with van der Waals surface area (Å²) in [5.74, 6) is -0.410. The number of rotatable bonds is 5. The first-order valence-corrected chi connectivity index (χ1v) is 5.09. The lowest BCUT2D eigenvalue weighted by atomic mass is 9.98. The summed E-state index contributed by atoms with van der Waals surface area (Å²) in [5.41, 5.74) is -0.485. The fourth-order valence-electron chi connectivity index (χ4n) is 1.50. The van der Waals surface area contributed by atoms with Crippen LogP contribution in [-0.4, -0.2) is 22.9 Å². The Labute approximate surface area is 104 Å². The van der Waals surface area contributed by atoms with Crippen molar-refractivity contribution in [2.75, 3.05) is 7.11 Å². The minimum atomic E-state index is -1.42. The number of ketones is 1. The molecule has 0 fully saturated rings. The van der Waals surface area contributed by atoms with Crippen molar-refractivity contribution in [3.05, 3.63) is 46.0 Å². The van der Waals surface area contributed by atoms with Crippen molar-refractivity contribution in [1.29, 1.82) is 0 Å². The minimum Gasteiger partial charge on any atom is -0.490 e. The zero-order chi connectivity index (χ0) is 13.9. The van der Waals surface area contributed by atoms with Crippen LogP contribution in [0.15, 0.2) is 30.4 Å². The lowest BCUT2D eigenvalue weighted by Crippen LogP contribution is -2.10. The number of para-hydroxylation sites is 1. The minimum absolute atomic E-state index is 0.0143. The Bertz CT molecular complexity index is 509. The maximum atomic E-state index is 11.1. The maximum absolute atomic E-state index is 11.1. The largest absolute Gasteiger partial charge is 0.490 e. The van der Waals surface area contributed by atoms with Gasteiger partial charge in [-0.2, -0.15) is 0 Å². The number of nitro benzene ring substituents is 1. The average Bonchev–Trinajstić information content (AvgIpc) is 2.35. The molecule has 1 atom stereocenters. The Morgan fingerprint density at radius 3 is 2.61 bits per heavy atom. The standard InChI is InChI=1S/C12H13NO5/c1-7(8(2)14)12(15)9-5-4-6-10(18-3)11(9)13(16)17/h4-6,12,15H,1H2,2-3H3. The average molecular weight is 251 g/mol. The molecule has 0 saturated heterocycles. The Hall–Kier alpha value is -2.21. The third-order valence-electron chi connectivity index (χ3n) is 2.51. The van der Waals surface area contributed by atoms with Crippen LogP contribution in [-0.2, 0) is 4.79 Å². The van der Waals surface area contributed by atoms with E-state index in [0.29, 0.717) is 0 Å². The third-order valence-corrected chi connectivity index (χ3v) is 2.51. The van der Waals surface area contributed by atoms with Crippen molar-refractivity contribution in [2.24, 2.45) is 0 Å². The summed E-state index contributed by atoms with van der Waals surface area (Å²) < 4.78 is 4.87. The number of methoxy groups -OCH3 is 1. The van der Waals surface area contributed by atoms with E-state index in [1.54, 1.807) is 0 Å². The van der Waals surface area contributed by atoms with Gasteiger partial charge in [0.25, 0.3) is 0 Å². The highest BCUT2D eigenvalue weighted by atomic mass is 16.6. The van der Waals surface area contributed by atoms with Crippen molar-refractivity contribution in [3.8, 4) is 5.75 Å². The third kappa shape index (κ3) is 2.54. The van der Waals surface area contributed by atoms with E-state index in [2.05, 4.69) is 6.58 Å². The van der Waals surface area contributed by atoms with Gasteiger partial charge in [0.2, 0.25) is 0 Å². The van der Waals surface area contributed by atoms with Gasteiger partial charge in [-0.25, -0.2) is 0 Å². The topological polar surface area (TPSA) is 89.7 Å². The number of hydrogen-bond acceptors (Lipinski definition) is 5. The molecule has 6 heteroatoms. The molecule has 1 unspecified atom stereocenters. The summed E-state index contributed by atoms with van der Waals surface area (Å²) >= 11 is 0. The fraction of sp³-hybridized carbons (Fsp3) is 0.250. The maximum Gasteiger partial charge on any atom is 0.317 e. The first-order valence-electron chi connectivity index (χ1n) is 5.09.